The van der Waals surface area contributed by atoms with E-state index >= 15 is 0 Å². The second-order valence-electron chi connectivity index (χ2n) is 4.47. The molecule has 21 heavy (non-hydrogen) atoms. The van der Waals surface area contributed by atoms with Crippen molar-refractivity contribution in [3.8, 4) is 0 Å². The minimum absolute atomic E-state index is 0.0484. The van der Waals surface area contributed by atoms with Crippen LogP contribution in [0.4, 0.5) is 0 Å². The maximum atomic E-state index is 12.5. The zero-order valence-electron chi connectivity index (χ0n) is 10.3. The molecule has 0 atom stereocenters. The van der Waals surface area contributed by atoms with E-state index in [4.69, 9.17) is 11.6 Å². The summed E-state index contributed by atoms with van der Waals surface area (Å²) in [5, 5.41) is 0.0571. The van der Waals surface area contributed by atoms with Gasteiger partial charge in [0.05, 0.1) is 16.1 Å². The maximum absolute atomic E-state index is 12.5. The van der Waals surface area contributed by atoms with Gasteiger partial charge < -0.3 is 0 Å². The summed E-state index contributed by atoms with van der Waals surface area (Å²) in [4.78, 5) is 24.3. The number of rotatable bonds is 1. The molecule has 2 aromatic carbocycles. The Bertz CT molecular complexity index is 915. The van der Waals surface area contributed by atoms with Crippen LogP contribution in [0.15, 0.2) is 41.3 Å². The highest BCUT2D eigenvalue weighted by atomic mass is 35.5. The smallest absolute Gasteiger partial charge is 0.289 e. The number of fused-ring (bicyclic) bond motifs is 2. The summed E-state index contributed by atoms with van der Waals surface area (Å²) >= 11 is 5.95. The number of carbonyl (C=O) groups excluding carboxylic acids is 2. The normalized spacial score (nSPS) is 13.8. The van der Waals surface area contributed by atoms with E-state index in [1.165, 1.54) is 30.3 Å². The quantitative estimate of drug-likeness (QED) is 0.695. The van der Waals surface area contributed by atoms with Crippen molar-refractivity contribution in [3.63, 3.8) is 0 Å². The standard InChI is InChI=1S/C14H7ClO5S/c15-9-5-1-3-7-11(9)14(17)12-8(13(7)16)4-2-6-10(12)21(18,19)20/h1-6H,(H,18,19,20). The second-order valence-corrected chi connectivity index (χ2v) is 6.27. The molecule has 0 fully saturated rings. The van der Waals surface area contributed by atoms with Crippen molar-refractivity contribution in [1.29, 1.82) is 0 Å². The lowest BCUT2D eigenvalue weighted by Crippen LogP contribution is -2.24. The molecule has 0 aliphatic heterocycles. The lowest BCUT2D eigenvalue weighted by atomic mass is 9.84. The van der Waals surface area contributed by atoms with Crippen molar-refractivity contribution in [2.24, 2.45) is 0 Å². The minimum Gasteiger partial charge on any atom is -0.289 e. The van der Waals surface area contributed by atoms with Gasteiger partial charge in [-0.05, 0) is 12.1 Å². The Hall–Kier alpha value is -2.02. The monoisotopic (exact) mass is 322 g/mol. The van der Waals surface area contributed by atoms with E-state index in [1.54, 1.807) is 0 Å². The van der Waals surface area contributed by atoms with Crippen LogP contribution >= 0.6 is 11.6 Å². The molecule has 0 spiro atoms. The van der Waals surface area contributed by atoms with Gasteiger partial charge in [-0.15, -0.1) is 0 Å². The van der Waals surface area contributed by atoms with Crippen LogP contribution in [0.25, 0.3) is 0 Å². The molecule has 0 unspecified atom stereocenters. The molecule has 1 aliphatic rings. The van der Waals surface area contributed by atoms with Gasteiger partial charge in [0, 0.05) is 11.1 Å². The van der Waals surface area contributed by atoms with Crippen molar-refractivity contribution in [2.45, 2.75) is 4.90 Å². The first-order valence-electron chi connectivity index (χ1n) is 5.81. The van der Waals surface area contributed by atoms with Gasteiger partial charge in [-0.1, -0.05) is 35.9 Å². The SMILES string of the molecule is O=C1c2cccc(Cl)c2C(=O)c2c1cccc2S(=O)(=O)O. The first-order chi connectivity index (χ1) is 9.82. The van der Waals surface area contributed by atoms with Gasteiger partial charge in [-0.3, -0.25) is 14.1 Å². The largest absolute Gasteiger partial charge is 0.295 e. The number of hydrogen-bond donors (Lipinski definition) is 1. The molecule has 106 valence electrons. The molecule has 3 rings (SSSR count). The van der Waals surface area contributed by atoms with E-state index < -0.39 is 26.6 Å². The fourth-order valence-electron chi connectivity index (χ4n) is 2.38. The number of carbonyl (C=O) groups is 2. The summed E-state index contributed by atoms with van der Waals surface area (Å²) in [6.45, 7) is 0. The van der Waals surface area contributed by atoms with Crippen molar-refractivity contribution in [2.75, 3.05) is 0 Å². The molecule has 1 aliphatic carbocycles. The third-order valence-electron chi connectivity index (χ3n) is 3.26. The Balaban J connectivity index is 2.43. The maximum Gasteiger partial charge on any atom is 0.295 e. The number of hydrogen-bond acceptors (Lipinski definition) is 4. The molecular weight excluding hydrogens is 316 g/mol. The number of halogens is 1. The van der Waals surface area contributed by atoms with Crippen LogP contribution in [-0.2, 0) is 10.1 Å². The fraction of sp³-hybridized carbons (Fsp3) is 0. The van der Waals surface area contributed by atoms with E-state index in [1.807, 2.05) is 0 Å². The van der Waals surface area contributed by atoms with E-state index in [0.29, 0.717) is 0 Å². The Morgan fingerprint density at radius 3 is 2.05 bits per heavy atom. The molecular formula is C14H7ClO5S. The predicted molar refractivity (Wildman–Crippen MR) is 74.6 cm³/mol. The first kappa shape index (κ1) is 13.9. The lowest BCUT2D eigenvalue weighted by molar-refractivity contribution is 0.0976. The van der Waals surface area contributed by atoms with Crippen LogP contribution in [0.3, 0.4) is 0 Å². The topological polar surface area (TPSA) is 88.5 Å². The molecule has 5 nitrogen and oxygen atoms in total. The van der Waals surface area contributed by atoms with E-state index in [9.17, 15) is 22.6 Å². The van der Waals surface area contributed by atoms with Crippen molar-refractivity contribution < 1.29 is 22.6 Å². The van der Waals surface area contributed by atoms with Crippen molar-refractivity contribution >= 4 is 33.3 Å². The van der Waals surface area contributed by atoms with Crippen LogP contribution in [0, 0.1) is 0 Å². The summed E-state index contributed by atoms with van der Waals surface area (Å²) in [6, 6.07) is 8.12. The second kappa shape index (κ2) is 4.49. The highest BCUT2D eigenvalue weighted by Gasteiger charge is 2.35. The summed E-state index contributed by atoms with van der Waals surface area (Å²) in [5.74, 6) is -1.20. The average Bonchev–Trinajstić information content (AvgIpc) is 2.43. The van der Waals surface area contributed by atoms with Gasteiger partial charge in [0.2, 0.25) is 0 Å². The molecule has 0 amide bonds. The van der Waals surface area contributed by atoms with Gasteiger partial charge in [-0.2, -0.15) is 8.42 Å². The summed E-state index contributed by atoms with van der Waals surface area (Å²) in [7, 11) is -4.63. The Morgan fingerprint density at radius 1 is 0.857 bits per heavy atom. The highest BCUT2D eigenvalue weighted by molar-refractivity contribution is 7.86. The van der Waals surface area contributed by atoms with Gasteiger partial charge in [-0.25, -0.2) is 0 Å². The fourth-order valence-corrected chi connectivity index (χ4v) is 3.36. The summed E-state index contributed by atoms with van der Waals surface area (Å²) in [6.07, 6.45) is 0. The Kier molecular flexibility index (Phi) is 2.98. The lowest BCUT2D eigenvalue weighted by Gasteiger charge is -2.19. The molecule has 7 heteroatoms. The van der Waals surface area contributed by atoms with Crippen LogP contribution in [0.1, 0.15) is 31.8 Å². The molecule has 0 saturated heterocycles. The first-order valence-corrected chi connectivity index (χ1v) is 7.62. The minimum atomic E-state index is -4.63. The molecule has 0 bridgehead atoms. The number of ketones is 2. The van der Waals surface area contributed by atoms with Crippen LogP contribution in [-0.4, -0.2) is 24.5 Å². The third-order valence-corrected chi connectivity index (χ3v) is 4.47. The summed E-state index contributed by atoms with van der Waals surface area (Å²) in [5.41, 5.74) is -0.337. The van der Waals surface area contributed by atoms with Crippen molar-refractivity contribution in [1.82, 2.24) is 0 Å². The van der Waals surface area contributed by atoms with E-state index in [2.05, 4.69) is 0 Å². The third kappa shape index (κ3) is 1.99. The predicted octanol–water partition coefficient (Wildman–Crippen LogP) is 2.36. The van der Waals surface area contributed by atoms with E-state index in [0.717, 1.165) is 6.07 Å². The number of benzene rings is 2. The van der Waals surface area contributed by atoms with Gasteiger partial charge in [0.25, 0.3) is 10.1 Å². The van der Waals surface area contributed by atoms with Crippen LogP contribution < -0.4 is 0 Å². The van der Waals surface area contributed by atoms with E-state index in [-0.39, 0.29) is 27.3 Å². The molecule has 1 N–H and O–H groups in total. The zero-order chi connectivity index (χ0) is 15.4. The van der Waals surface area contributed by atoms with Gasteiger partial charge in [0.1, 0.15) is 4.90 Å². The van der Waals surface area contributed by atoms with Crippen LogP contribution in [0.5, 0.6) is 0 Å². The Morgan fingerprint density at radius 2 is 1.43 bits per heavy atom. The zero-order valence-corrected chi connectivity index (χ0v) is 11.9. The molecule has 0 radical (unpaired) electrons. The molecule has 0 heterocycles. The highest BCUT2D eigenvalue weighted by Crippen LogP contribution is 2.34. The molecule has 0 aromatic heterocycles. The van der Waals surface area contributed by atoms with Gasteiger partial charge in [0.15, 0.2) is 11.6 Å². The molecule has 2 aromatic rings. The van der Waals surface area contributed by atoms with Crippen LogP contribution in [0.2, 0.25) is 5.02 Å². The summed E-state index contributed by atoms with van der Waals surface area (Å²) < 4.78 is 32.1. The average molecular weight is 323 g/mol. The van der Waals surface area contributed by atoms with Gasteiger partial charge >= 0.3 is 0 Å². The van der Waals surface area contributed by atoms with Crippen molar-refractivity contribution in [3.05, 3.63) is 63.7 Å². The Labute approximate surface area is 124 Å². The molecule has 0 saturated carbocycles.